The Kier molecular flexibility index (Phi) is 10.6. The van der Waals surface area contributed by atoms with Gasteiger partial charge in [-0.2, -0.15) is 0 Å². The van der Waals surface area contributed by atoms with Crippen LogP contribution in [0.5, 0.6) is 0 Å². The number of rotatable bonds is 8. The number of hydrogen-bond donors (Lipinski definition) is 3. The molecule has 0 heterocycles. The molecule has 0 fully saturated rings. The number of sulfonamides is 1. The van der Waals surface area contributed by atoms with Gasteiger partial charge in [-0.1, -0.05) is 0 Å². The minimum Gasteiger partial charge on any atom is -0.355 e. The second-order valence-electron chi connectivity index (χ2n) is 4.46. The fourth-order valence-corrected chi connectivity index (χ4v) is 2.40. The van der Waals surface area contributed by atoms with Gasteiger partial charge in [-0.25, -0.2) is 13.1 Å². The Bertz CT molecular complexity index is 331. The lowest BCUT2D eigenvalue weighted by Crippen LogP contribution is -2.37. The lowest BCUT2D eigenvalue weighted by molar-refractivity contribution is -0.121. The molecule has 1 atom stereocenters. The first kappa shape index (κ1) is 20.0. The van der Waals surface area contributed by atoms with Crippen LogP contribution in [0.4, 0.5) is 0 Å². The van der Waals surface area contributed by atoms with E-state index in [0.717, 1.165) is 0 Å². The van der Waals surface area contributed by atoms with E-state index in [1.54, 1.807) is 13.8 Å². The van der Waals surface area contributed by atoms with Gasteiger partial charge in [-0.05, 0) is 27.2 Å². The molecule has 0 saturated carbocycles. The average molecular weight is 302 g/mol. The molecule has 0 aromatic heterocycles. The fourth-order valence-electron chi connectivity index (χ4n) is 1.19. The molecule has 110 valence electrons. The summed E-state index contributed by atoms with van der Waals surface area (Å²) in [6, 6.07) is -0.152. The number of nitrogens with two attached hydrogens (primary N) is 1. The van der Waals surface area contributed by atoms with E-state index in [9.17, 15) is 13.2 Å². The van der Waals surface area contributed by atoms with Crippen molar-refractivity contribution in [1.29, 1.82) is 0 Å². The highest BCUT2D eigenvalue weighted by Crippen LogP contribution is 1.93. The second kappa shape index (κ2) is 9.55. The van der Waals surface area contributed by atoms with Gasteiger partial charge in [0.05, 0.1) is 5.75 Å². The van der Waals surface area contributed by atoms with Gasteiger partial charge in [0.2, 0.25) is 15.9 Å². The molecule has 18 heavy (non-hydrogen) atoms. The summed E-state index contributed by atoms with van der Waals surface area (Å²) in [4.78, 5) is 11.3. The molecule has 0 aliphatic rings. The third kappa shape index (κ3) is 12.1. The second-order valence-corrected chi connectivity index (χ2v) is 6.33. The lowest BCUT2D eigenvalue weighted by Gasteiger charge is -2.10. The van der Waals surface area contributed by atoms with Gasteiger partial charge in [0.1, 0.15) is 0 Å². The van der Waals surface area contributed by atoms with E-state index in [4.69, 9.17) is 5.73 Å². The van der Waals surface area contributed by atoms with Gasteiger partial charge in [-0.15, -0.1) is 12.4 Å². The SMILES string of the molecule is CC(N)CCC(=O)NCCS(=O)(=O)NC(C)C.Cl. The van der Waals surface area contributed by atoms with E-state index in [1.807, 2.05) is 6.92 Å². The van der Waals surface area contributed by atoms with Crippen molar-refractivity contribution in [1.82, 2.24) is 10.0 Å². The summed E-state index contributed by atoms with van der Waals surface area (Å²) in [5, 5.41) is 2.55. The smallest absolute Gasteiger partial charge is 0.220 e. The van der Waals surface area contributed by atoms with Gasteiger partial charge in [0.15, 0.2) is 0 Å². The molecule has 1 amide bonds. The molecule has 8 heteroatoms. The molecule has 1 unspecified atom stereocenters. The highest BCUT2D eigenvalue weighted by Gasteiger charge is 2.12. The summed E-state index contributed by atoms with van der Waals surface area (Å²) >= 11 is 0. The van der Waals surface area contributed by atoms with E-state index in [0.29, 0.717) is 12.8 Å². The van der Waals surface area contributed by atoms with Gasteiger partial charge < -0.3 is 11.1 Å². The van der Waals surface area contributed by atoms with Gasteiger partial charge in [-0.3, -0.25) is 4.79 Å². The zero-order valence-electron chi connectivity index (χ0n) is 11.1. The van der Waals surface area contributed by atoms with Crippen molar-refractivity contribution in [3.05, 3.63) is 0 Å². The minimum absolute atomic E-state index is 0. The van der Waals surface area contributed by atoms with E-state index >= 15 is 0 Å². The molecular weight excluding hydrogens is 278 g/mol. The zero-order chi connectivity index (χ0) is 13.5. The highest BCUT2D eigenvalue weighted by molar-refractivity contribution is 7.89. The molecule has 0 aromatic rings. The van der Waals surface area contributed by atoms with Crippen LogP contribution in [0, 0.1) is 0 Å². The first-order chi connectivity index (χ1) is 7.73. The lowest BCUT2D eigenvalue weighted by atomic mass is 10.2. The van der Waals surface area contributed by atoms with E-state index in [2.05, 4.69) is 10.0 Å². The summed E-state index contributed by atoms with van der Waals surface area (Å²) in [6.45, 7) is 5.45. The topological polar surface area (TPSA) is 101 Å². The normalized spacial score (nSPS) is 12.9. The zero-order valence-corrected chi connectivity index (χ0v) is 12.7. The van der Waals surface area contributed by atoms with Crippen molar-refractivity contribution in [3.8, 4) is 0 Å². The number of hydrogen-bond acceptors (Lipinski definition) is 4. The Morgan fingerprint density at radius 2 is 1.83 bits per heavy atom. The molecule has 0 saturated heterocycles. The third-order valence-corrected chi connectivity index (χ3v) is 3.51. The summed E-state index contributed by atoms with van der Waals surface area (Å²) in [5.74, 6) is -0.267. The standard InChI is InChI=1S/C10H23N3O3S.ClH/c1-8(2)13-17(15,16)7-6-12-10(14)5-4-9(3)11;/h8-9,13H,4-7,11H2,1-3H3,(H,12,14);1H. The van der Waals surface area contributed by atoms with Crippen LogP contribution < -0.4 is 15.8 Å². The van der Waals surface area contributed by atoms with Crippen LogP contribution in [0.15, 0.2) is 0 Å². The van der Waals surface area contributed by atoms with Crippen molar-refractivity contribution >= 4 is 28.3 Å². The molecule has 4 N–H and O–H groups in total. The van der Waals surface area contributed by atoms with Crippen LogP contribution in [0.3, 0.4) is 0 Å². The molecule has 0 radical (unpaired) electrons. The average Bonchev–Trinajstić information content (AvgIpc) is 2.12. The molecule has 0 rings (SSSR count). The molecular formula is C10H24ClN3O3S. The van der Waals surface area contributed by atoms with Crippen LogP contribution in [0.1, 0.15) is 33.6 Å². The molecule has 0 aromatic carbocycles. The quantitative estimate of drug-likeness (QED) is 0.586. The van der Waals surface area contributed by atoms with Crippen LogP contribution >= 0.6 is 12.4 Å². The Morgan fingerprint density at radius 1 is 1.28 bits per heavy atom. The maximum Gasteiger partial charge on any atom is 0.220 e. The molecule has 0 aliphatic carbocycles. The number of carbonyl (C=O) groups is 1. The maximum atomic E-state index is 11.4. The molecule has 0 spiro atoms. The predicted molar refractivity (Wildman–Crippen MR) is 75.2 cm³/mol. The minimum atomic E-state index is -3.30. The Morgan fingerprint density at radius 3 is 2.28 bits per heavy atom. The summed E-state index contributed by atoms with van der Waals surface area (Å²) < 4.78 is 25.3. The largest absolute Gasteiger partial charge is 0.355 e. The highest BCUT2D eigenvalue weighted by atomic mass is 35.5. The van der Waals surface area contributed by atoms with Gasteiger partial charge in [0, 0.05) is 25.0 Å². The van der Waals surface area contributed by atoms with E-state index in [1.165, 1.54) is 0 Å². The molecule has 6 nitrogen and oxygen atoms in total. The molecule has 0 aliphatic heterocycles. The van der Waals surface area contributed by atoms with Crippen molar-refractivity contribution in [2.75, 3.05) is 12.3 Å². The van der Waals surface area contributed by atoms with Crippen molar-refractivity contribution in [2.45, 2.75) is 45.7 Å². The Labute approximate surface area is 116 Å². The summed E-state index contributed by atoms with van der Waals surface area (Å²) in [5.41, 5.74) is 5.51. The molecule has 0 bridgehead atoms. The number of carbonyl (C=O) groups excluding carboxylic acids is 1. The van der Waals surface area contributed by atoms with Crippen LogP contribution in [-0.2, 0) is 14.8 Å². The first-order valence-electron chi connectivity index (χ1n) is 5.75. The van der Waals surface area contributed by atoms with Crippen LogP contribution in [0.25, 0.3) is 0 Å². The maximum absolute atomic E-state index is 11.4. The van der Waals surface area contributed by atoms with Crippen molar-refractivity contribution in [2.24, 2.45) is 5.73 Å². The summed E-state index contributed by atoms with van der Waals surface area (Å²) in [7, 11) is -3.30. The predicted octanol–water partition coefficient (Wildman–Crippen LogP) is -0.0204. The van der Waals surface area contributed by atoms with Crippen molar-refractivity contribution < 1.29 is 13.2 Å². The van der Waals surface area contributed by atoms with Crippen molar-refractivity contribution in [3.63, 3.8) is 0 Å². The van der Waals surface area contributed by atoms with Crippen LogP contribution in [0.2, 0.25) is 0 Å². The Balaban J connectivity index is 0. The number of nitrogens with one attached hydrogen (secondary N) is 2. The monoisotopic (exact) mass is 301 g/mol. The third-order valence-electron chi connectivity index (χ3n) is 1.93. The first-order valence-corrected chi connectivity index (χ1v) is 7.40. The van der Waals surface area contributed by atoms with E-state index < -0.39 is 10.0 Å². The summed E-state index contributed by atoms with van der Waals surface area (Å²) in [6.07, 6.45) is 0.929. The van der Waals surface area contributed by atoms with Gasteiger partial charge in [0.25, 0.3) is 0 Å². The van der Waals surface area contributed by atoms with E-state index in [-0.39, 0.29) is 42.7 Å². The number of amides is 1. The fraction of sp³-hybridized carbons (Fsp3) is 0.900. The van der Waals surface area contributed by atoms with Gasteiger partial charge >= 0.3 is 0 Å². The number of halogens is 1. The Hall–Kier alpha value is -0.370. The van der Waals surface area contributed by atoms with Crippen LogP contribution in [-0.4, -0.2) is 38.7 Å².